The summed E-state index contributed by atoms with van der Waals surface area (Å²) in [5.41, 5.74) is 3.07. The fourth-order valence-electron chi connectivity index (χ4n) is 8.39. The molecular formula is C43H50Cl2N4O7. The van der Waals surface area contributed by atoms with Gasteiger partial charge in [0.1, 0.15) is 36.9 Å². The number of rotatable bonds is 14. The van der Waals surface area contributed by atoms with E-state index in [-0.39, 0.29) is 48.1 Å². The zero-order valence-electron chi connectivity index (χ0n) is 31.6. The number of likely N-dealkylation sites (tertiary alicyclic amines) is 1. The van der Waals surface area contributed by atoms with E-state index in [0.717, 1.165) is 99.0 Å². The summed E-state index contributed by atoms with van der Waals surface area (Å²) in [6.45, 7) is 6.81. The molecule has 56 heavy (non-hydrogen) atoms. The van der Waals surface area contributed by atoms with Crippen LogP contribution >= 0.6 is 23.2 Å². The van der Waals surface area contributed by atoms with Crippen molar-refractivity contribution in [2.75, 3.05) is 68.8 Å². The summed E-state index contributed by atoms with van der Waals surface area (Å²) in [5, 5.41) is 4.51. The highest BCUT2D eigenvalue weighted by Gasteiger charge is 2.45. The maximum absolute atomic E-state index is 13.7. The quantitative estimate of drug-likeness (QED) is 0.181. The van der Waals surface area contributed by atoms with Crippen LogP contribution in [0.1, 0.15) is 50.5 Å². The molecule has 0 aromatic heterocycles. The Bertz CT molecular complexity index is 1920. The molecule has 13 heteroatoms. The Morgan fingerprint density at radius 2 is 1.41 bits per heavy atom. The van der Waals surface area contributed by atoms with Gasteiger partial charge >= 0.3 is 5.97 Å². The van der Waals surface area contributed by atoms with E-state index in [1.54, 1.807) is 0 Å². The summed E-state index contributed by atoms with van der Waals surface area (Å²) in [6.07, 6.45) is 7.18. The number of nitrogens with one attached hydrogen (secondary N) is 1. The summed E-state index contributed by atoms with van der Waals surface area (Å²) >= 11 is 13.2. The Morgan fingerprint density at radius 1 is 0.750 bits per heavy atom. The zero-order valence-corrected chi connectivity index (χ0v) is 33.1. The van der Waals surface area contributed by atoms with Gasteiger partial charge < -0.3 is 43.7 Å². The van der Waals surface area contributed by atoms with Gasteiger partial charge in [0.15, 0.2) is 11.5 Å². The van der Waals surface area contributed by atoms with Gasteiger partial charge in [0.05, 0.1) is 28.0 Å². The summed E-state index contributed by atoms with van der Waals surface area (Å²) in [4.78, 5) is 33.7. The fourth-order valence-corrected chi connectivity index (χ4v) is 8.83. The maximum Gasteiger partial charge on any atom is 0.311 e. The molecule has 3 aromatic carbocycles. The van der Waals surface area contributed by atoms with Gasteiger partial charge in [-0.25, -0.2) is 0 Å². The second-order valence-electron chi connectivity index (χ2n) is 16.2. The lowest BCUT2D eigenvalue weighted by atomic mass is 10.0. The molecule has 4 unspecified atom stereocenters. The highest BCUT2D eigenvalue weighted by Crippen LogP contribution is 2.39. The summed E-state index contributed by atoms with van der Waals surface area (Å²) in [5.74, 6) is 2.41. The standard InChI is InChI=1S/C43H50Cl2N4O7/c44-34-21-32(4-9-36(34)54-33-6-7-33)49-16-12-29(25-49)43(51)56-41-23-40(41)55-37-10-5-31(22-35(37)45)48-15-11-28(24-48)42(50)46-30(26-47-13-1-2-14-47)19-27-3-8-38-39(20-27)53-18-17-52-38/h3-5,8-10,20-22,28-30,33,40-41H,1-2,6-7,11-19,23-26H2,(H,46,50)/t28?,29?,30-,40?,41?/m0/s1. The first-order valence-electron chi connectivity index (χ1n) is 20.4. The Morgan fingerprint density at radius 3 is 2.11 bits per heavy atom. The van der Waals surface area contributed by atoms with Crippen LogP contribution in [0.2, 0.25) is 10.0 Å². The van der Waals surface area contributed by atoms with Crippen molar-refractivity contribution < 1.29 is 33.3 Å². The average molecular weight is 806 g/mol. The van der Waals surface area contributed by atoms with Crippen LogP contribution in [0, 0.1) is 11.8 Å². The number of ether oxygens (including phenoxy) is 5. The van der Waals surface area contributed by atoms with E-state index in [2.05, 4.69) is 32.1 Å². The van der Waals surface area contributed by atoms with Crippen LogP contribution in [0.15, 0.2) is 54.6 Å². The third-order valence-corrected chi connectivity index (χ3v) is 12.4. The van der Waals surface area contributed by atoms with E-state index >= 15 is 0 Å². The van der Waals surface area contributed by atoms with Crippen LogP contribution in [-0.4, -0.2) is 100 Å². The van der Waals surface area contributed by atoms with E-state index in [0.29, 0.717) is 48.5 Å². The molecule has 0 radical (unpaired) electrons. The number of halogens is 2. The largest absolute Gasteiger partial charge is 0.489 e. The van der Waals surface area contributed by atoms with Crippen molar-refractivity contribution in [2.24, 2.45) is 11.8 Å². The monoisotopic (exact) mass is 804 g/mol. The molecule has 4 heterocycles. The molecule has 0 spiro atoms. The number of fused-ring (bicyclic) bond motifs is 1. The molecule has 11 nitrogen and oxygen atoms in total. The first-order valence-corrected chi connectivity index (χ1v) is 21.1. The van der Waals surface area contributed by atoms with Crippen LogP contribution < -0.4 is 34.1 Å². The van der Waals surface area contributed by atoms with E-state index in [9.17, 15) is 9.59 Å². The summed E-state index contributed by atoms with van der Waals surface area (Å²) in [6, 6.07) is 17.7. The average Bonchev–Trinajstić information content (AvgIpc) is 3.87. The highest BCUT2D eigenvalue weighted by atomic mass is 35.5. The zero-order chi connectivity index (χ0) is 38.2. The number of hydrogen-bond acceptors (Lipinski definition) is 10. The van der Waals surface area contributed by atoms with Gasteiger partial charge in [-0.2, -0.15) is 0 Å². The minimum atomic E-state index is -0.290. The van der Waals surface area contributed by atoms with Gasteiger partial charge in [-0.1, -0.05) is 29.3 Å². The Hall–Kier alpha value is -4.06. The van der Waals surface area contributed by atoms with Crippen molar-refractivity contribution in [1.82, 2.24) is 10.2 Å². The molecule has 5 atom stereocenters. The van der Waals surface area contributed by atoms with E-state index < -0.39 is 0 Å². The summed E-state index contributed by atoms with van der Waals surface area (Å²) < 4.78 is 29.5. The highest BCUT2D eigenvalue weighted by molar-refractivity contribution is 6.32. The minimum absolute atomic E-state index is 0.00359. The molecule has 4 aliphatic heterocycles. The number of benzene rings is 3. The molecule has 2 saturated carbocycles. The lowest BCUT2D eigenvalue weighted by Gasteiger charge is -2.27. The van der Waals surface area contributed by atoms with Gasteiger partial charge in [-0.3, -0.25) is 9.59 Å². The van der Waals surface area contributed by atoms with Gasteiger partial charge in [-0.15, -0.1) is 0 Å². The van der Waals surface area contributed by atoms with Gasteiger partial charge in [0, 0.05) is 56.6 Å². The number of carbonyl (C=O) groups excluding carboxylic acids is 2. The summed E-state index contributed by atoms with van der Waals surface area (Å²) in [7, 11) is 0. The molecule has 2 aliphatic carbocycles. The fraction of sp³-hybridized carbons (Fsp3) is 0.535. The molecule has 9 rings (SSSR count). The normalized spacial score (nSPS) is 24.9. The first kappa shape index (κ1) is 37.5. The second-order valence-corrected chi connectivity index (χ2v) is 17.0. The van der Waals surface area contributed by atoms with Crippen molar-refractivity contribution in [3.8, 4) is 23.0 Å². The van der Waals surface area contributed by atoms with Crippen molar-refractivity contribution in [1.29, 1.82) is 0 Å². The number of amides is 1. The Balaban J connectivity index is 0.742. The van der Waals surface area contributed by atoms with Gasteiger partial charge in [0.2, 0.25) is 5.91 Å². The lowest BCUT2D eigenvalue weighted by molar-refractivity contribution is -0.150. The van der Waals surface area contributed by atoms with Gasteiger partial charge in [-0.05, 0) is 112 Å². The molecule has 5 fully saturated rings. The van der Waals surface area contributed by atoms with Crippen LogP contribution in [0.5, 0.6) is 23.0 Å². The van der Waals surface area contributed by atoms with Crippen molar-refractivity contribution in [2.45, 2.75) is 75.7 Å². The second kappa shape index (κ2) is 16.4. The lowest BCUT2D eigenvalue weighted by Crippen LogP contribution is -2.46. The van der Waals surface area contributed by atoms with E-state index in [1.807, 2.05) is 42.5 Å². The number of anilines is 2. The molecule has 1 N–H and O–H groups in total. The van der Waals surface area contributed by atoms with Crippen LogP contribution in [0.3, 0.4) is 0 Å². The van der Waals surface area contributed by atoms with Crippen molar-refractivity contribution in [3.63, 3.8) is 0 Å². The molecule has 6 aliphatic rings. The molecule has 3 aromatic rings. The molecule has 3 saturated heterocycles. The number of hydrogen-bond donors (Lipinski definition) is 1. The molecular weight excluding hydrogens is 755 g/mol. The first-order chi connectivity index (χ1) is 27.3. The minimum Gasteiger partial charge on any atom is -0.489 e. The molecule has 1 amide bonds. The van der Waals surface area contributed by atoms with Crippen LogP contribution in [0.25, 0.3) is 0 Å². The predicted molar refractivity (Wildman–Crippen MR) is 215 cm³/mol. The number of carbonyl (C=O) groups is 2. The number of nitrogens with zero attached hydrogens (tertiary/aromatic N) is 3. The van der Waals surface area contributed by atoms with Crippen molar-refractivity contribution >= 4 is 46.5 Å². The van der Waals surface area contributed by atoms with E-state index in [1.165, 1.54) is 12.8 Å². The van der Waals surface area contributed by atoms with Crippen LogP contribution in [0.4, 0.5) is 11.4 Å². The van der Waals surface area contributed by atoms with E-state index in [4.69, 9.17) is 46.9 Å². The third kappa shape index (κ3) is 8.90. The van der Waals surface area contributed by atoms with Gasteiger partial charge in [0.25, 0.3) is 0 Å². The van der Waals surface area contributed by atoms with Crippen LogP contribution in [-0.2, 0) is 20.7 Å². The smallest absolute Gasteiger partial charge is 0.311 e. The number of esters is 1. The Kier molecular flexibility index (Phi) is 11.0. The Labute approximate surface area is 338 Å². The van der Waals surface area contributed by atoms with Crippen molar-refractivity contribution in [3.05, 3.63) is 70.2 Å². The SMILES string of the molecule is O=C(N[C@@H](Cc1ccc2c(c1)OCCO2)CN1CCCC1)C1CCN(c2ccc(OC3CC3OC(=O)C3CCN(c4ccc(OC5CC5)c(Cl)c4)C3)c(Cl)c2)C1. The third-order valence-electron chi connectivity index (χ3n) is 11.8. The topological polar surface area (TPSA) is 102 Å². The maximum atomic E-state index is 13.7. The molecule has 0 bridgehead atoms. The molecule has 298 valence electrons. The predicted octanol–water partition coefficient (Wildman–Crippen LogP) is 6.54.